The van der Waals surface area contributed by atoms with E-state index in [1.54, 1.807) is 0 Å². The number of carbonyl (C=O) groups is 4. The summed E-state index contributed by atoms with van der Waals surface area (Å²) in [7, 11) is 7.40. The van der Waals surface area contributed by atoms with Crippen LogP contribution in [0.5, 0.6) is 0 Å². The molecule has 0 saturated carbocycles. The van der Waals surface area contributed by atoms with Crippen molar-refractivity contribution in [3.63, 3.8) is 0 Å². The van der Waals surface area contributed by atoms with Crippen LogP contribution in [0.2, 0.25) is 0 Å². The molecule has 0 atom stereocenters. The second-order valence-corrected chi connectivity index (χ2v) is 2.42. The molecule has 0 aliphatic rings. The Labute approximate surface area is 330 Å². The number of nitrogens with zero attached hydrogens (tertiary/aromatic N) is 4. The summed E-state index contributed by atoms with van der Waals surface area (Å²) >= 11 is 0. The smallest absolute Gasteiger partial charge is 0.226 e. The minimum atomic E-state index is -0.995. The van der Waals surface area contributed by atoms with Crippen LogP contribution in [0, 0.1) is 0 Å². The van der Waals surface area contributed by atoms with Crippen molar-refractivity contribution in [2.75, 3.05) is 42.5 Å². The zero-order valence-electron chi connectivity index (χ0n) is 22.1. The van der Waals surface area contributed by atoms with Gasteiger partial charge in [-0.15, -0.1) is 0 Å². The summed E-state index contributed by atoms with van der Waals surface area (Å²) in [6.45, 7) is 0. The second kappa shape index (κ2) is 144. The maximum Gasteiger partial charge on any atom is 0.226 e. The minimum Gasteiger partial charge on any atom is -0.724 e. The number of methoxy groups -OCH3 is 3. The van der Waals surface area contributed by atoms with E-state index < -0.39 is 24.3 Å². The van der Waals surface area contributed by atoms with Gasteiger partial charge in [0.05, 0.1) is 21.3 Å². The number of rotatable bonds is 0. The number of nitrogens with two attached hydrogens (primary N) is 1. The van der Waals surface area contributed by atoms with Crippen molar-refractivity contribution in [3.8, 4) is 0 Å². The number of isocyanates is 4. The third-order valence-electron chi connectivity index (χ3n) is 0.783. The average molecular weight is 882 g/mol. The van der Waals surface area contributed by atoms with Crippen molar-refractivity contribution in [1.29, 1.82) is 0 Å². The number of hydrogen-bond acceptors (Lipinski definition) is 13. The summed E-state index contributed by atoms with van der Waals surface area (Å²) in [6, 6.07) is -0.745. The number of urea groups is 1. The first kappa shape index (κ1) is 90.1. The Morgan fingerprint density at radius 1 is 0.600 bits per heavy atom. The van der Waals surface area contributed by atoms with Gasteiger partial charge in [0.2, 0.25) is 18.3 Å². The van der Waals surface area contributed by atoms with E-state index in [1.165, 1.54) is 14.1 Å². The molecule has 0 unspecified atom stereocenters. The Morgan fingerprint density at radius 2 is 0.650 bits per heavy atom. The SMILES string of the molecule is CN.CNC([NH-])=O.CO.COC([NH-])=O.COC([NH-])=O.COC([NH-])=O.[N-]=C=O.[N-]=C=O.[N-]=C=O.[N-]=C=O.[Y].[Y].[Y].[Y]. The van der Waals surface area contributed by atoms with E-state index in [9.17, 15) is 19.2 Å². The fourth-order valence-electron chi connectivity index (χ4n) is 0. The standard InChI is InChI=1S/C2H6N2O.3C2H5NO2.4CNO.CH5N.CH4O.4Y/c1-4-2(3)5;3*1-5-2(3)4;4*2-1-3;2*1-2;;;;/h1H3,(H3,3,4,5);3*1H3,(H2,3,4);;;;;2H2,1H3;2H,1H3;;;;/q;;;;4*-1;;;;;;/p-4. The Balaban J connectivity index is -0.0000000157. The molecule has 0 aliphatic heterocycles. The predicted octanol–water partition coefficient (Wildman–Crippen LogP) is 1.53. The first-order valence-electron chi connectivity index (χ1n) is 7.14. The minimum absolute atomic E-state index is 0. The van der Waals surface area contributed by atoms with Gasteiger partial charge in [0.15, 0.2) is 0 Å². The third-order valence-corrected chi connectivity index (χ3v) is 0.783. The summed E-state index contributed by atoms with van der Waals surface area (Å²) < 4.78 is 11.3. The topological polar surface area (TPSA) is 407 Å². The molecule has 40 heavy (non-hydrogen) atoms. The molecule has 0 bridgehead atoms. The Kier molecular flexibility index (Phi) is 325. The van der Waals surface area contributed by atoms with Crippen LogP contribution in [0.4, 0.5) is 19.2 Å². The molecule has 0 aliphatic carbocycles. The van der Waals surface area contributed by atoms with Crippen molar-refractivity contribution < 1.29 is 189 Å². The normalized spacial score (nSPS) is 4.40. The third kappa shape index (κ3) is 992. The predicted molar refractivity (Wildman–Crippen MR) is 123 cm³/mol. The fourth-order valence-corrected chi connectivity index (χ4v) is 0. The van der Waals surface area contributed by atoms with Crippen LogP contribution >= 0.6 is 0 Å². The van der Waals surface area contributed by atoms with Crippen LogP contribution in [0.25, 0.3) is 44.6 Å². The van der Waals surface area contributed by atoms with Gasteiger partial charge in [-0.3, -0.25) is 38.4 Å². The molecule has 26 heteroatoms. The summed E-state index contributed by atoms with van der Waals surface area (Å²) in [5, 5.41) is 36.1. The maximum absolute atomic E-state index is 9.37. The van der Waals surface area contributed by atoms with Crippen molar-refractivity contribution >= 4 is 48.6 Å². The molecule has 22 nitrogen and oxygen atoms in total. The van der Waals surface area contributed by atoms with Gasteiger partial charge in [-0.2, -0.15) is 0 Å². The molecule has 0 aromatic rings. The first-order chi connectivity index (χ1) is 16.7. The van der Waals surface area contributed by atoms with E-state index in [2.05, 4.69) is 25.3 Å². The van der Waals surface area contributed by atoms with E-state index >= 15 is 0 Å². The van der Waals surface area contributed by atoms with E-state index in [-0.39, 0.29) is 131 Å². The number of nitrogens with one attached hydrogen (secondary N) is 5. The molecule has 224 valence electrons. The van der Waals surface area contributed by atoms with E-state index in [1.807, 2.05) is 0 Å². The first-order valence-corrected chi connectivity index (χ1v) is 7.14. The van der Waals surface area contributed by atoms with Gasteiger partial charge in [0.25, 0.3) is 0 Å². The largest absolute Gasteiger partial charge is 0.724 e. The van der Waals surface area contributed by atoms with Gasteiger partial charge >= 0.3 is 0 Å². The molecule has 0 aromatic heterocycles. The van der Waals surface area contributed by atoms with Crippen molar-refractivity contribution in [1.82, 2.24) is 5.32 Å². The molecule has 0 fully saturated rings. The molecule has 8 N–H and O–H groups in total. The van der Waals surface area contributed by atoms with Crippen molar-refractivity contribution in [3.05, 3.63) is 44.6 Å². The van der Waals surface area contributed by atoms with Gasteiger partial charge in [0.1, 0.15) is 6.03 Å². The summed E-state index contributed by atoms with van der Waals surface area (Å²) in [6.07, 6.45) is -0.986. The Hall–Kier alpha value is -1.06. The second-order valence-electron chi connectivity index (χ2n) is 2.42. The summed E-state index contributed by atoms with van der Waals surface area (Å²) in [5.74, 6) is 0. The summed E-state index contributed by atoms with van der Waals surface area (Å²) in [4.78, 5) is 70.1. The van der Waals surface area contributed by atoms with Crippen LogP contribution < -0.4 is 11.1 Å². The molecule has 0 heterocycles. The van der Waals surface area contributed by atoms with Gasteiger partial charge < -0.3 is 74.9 Å². The fraction of sp³-hybridized carbons (Fsp3) is 0.429. The number of carbonyl (C=O) groups excluding carboxylic acids is 8. The van der Waals surface area contributed by atoms with Crippen LogP contribution in [0.3, 0.4) is 0 Å². The van der Waals surface area contributed by atoms with E-state index in [0.717, 1.165) is 28.4 Å². The molecule has 5 amide bonds. The molecule has 0 spiro atoms. The number of hydrogen-bond donors (Lipinski definition) is 3. The van der Waals surface area contributed by atoms with E-state index in [4.69, 9.17) is 68.9 Å². The van der Waals surface area contributed by atoms with Crippen LogP contribution in [-0.4, -0.2) is 96.3 Å². The maximum atomic E-state index is 9.37. The van der Waals surface area contributed by atoms with Crippen molar-refractivity contribution in [2.45, 2.75) is 0 Å². The number of ether oxygens (including phenoxy) is 3. The van der Waals surface area contributed by atoms with Gasteiger partial charge in [0, 0.05) is 138 Å². The van der Waals surface area contributed by atoms with Crippen LogP contribution in [0.1, 0.15) is 0 Å². The molecular formula is C14H26N10O12Y4-8. The molecule has 4 radical (unpaired) electrons. The monoisotopic (exact) mass is 882 g/mol. The van der Waals surface area contributed by atoms with Gasteiger partial charge in [-0.1, -0.05) is 7.05 Å². The van der Waals surface area contributed by atoms with Crippen LogP contribution in [0.15, 0.2) is 0 Å². The molecule has 0 saturated heterocycles. The zero-order valence-corrected chi connectivity index (χ0v) is 33.5. The molecule has 0 aromatic carbocycles. The zero-order chi connectivity index (χ0) is 32.0. The Morgan fingerprint density at radius 3 is 0.650 bits per heavy atom. The number of aliphatic hydroxyl groups excluding tert-OH is 1. The number of aliphatic hydroxyl groups is 1. The van der Waals surface area contributed by atoms with E-state index in [0.29, 0.717) is 24.3 Å². The summed E-state index contributed by atoms with van der Waals surface area (Å²) in [5.41, 5.74) is 28.5. The van der Waals surface area contributed by atoms with Crippen molar-refractivity contribution in [2.24, 2.45) is 5.73 Å². The van der Waals surface area contributed by atoms with Crippen LogP contribution in [-0.2, 0) is 164 Å². The molecular weight excluding hydrogens is 856 g/mol. The number of amides is 5. The van der Waals surface area contributed by atoms with Gasteiger partial charge in [-0.05, 0) is 31.4 Å². The Bertz CT molecular complexity index is 508. The van der Waals surface area contributed by atoms with Gasteiger partial charge in [-0.25, -0.2) is 0 Å². The average Bonchev–Trinajstić information content (AvgIpc) is 2.84. The molecule has 0 rings (SSSR count). The quantitative estimate of drug-likeness (QED) is 0.177.